The summed E-state index contributed by atoms with van der Waals surface area (Å²) in [7, 11) is 0. The molecule has 1 aliphatic rings. The average molecular weight is 304 g/mol. The molecular weight excluding hydrogens is 286 g/mol. The molecule has 5 nitrogen and oxygen atoms in total. The van der Waals surface area contributed by atoms with E-state index in [-0.39, 0.29) is 12.0 Å². The fourth-order valence-electron chi connectivity index (χ4n) is 2.61. The Morgan fingerprint density at radius 1 is 1.24 bits per heavy atom. The number of rotatable bonds is 2. The van der Waals surface area contributed by atoms with Gasteiger partial charge in [0.15, 0.2) is 0 Å². The summed E-state index contributed by atoms with van der Waals surface area (Å²) in [5, 5.41) is 0.677. The topological polar surface area (TPSA) is 81.1 Å². The SMILES string of the molecule is Nc1ncc(N2CCC(N)CC2)c(-c2cccc(Cl)c2)n1. The van der Waals surface area contributed by atoms with Gasteiger partial charge in [0.1, 0.15) is 0 Å². The Morgan fingerprint density at radius 2 is 2.00 bits per heavy atom. The lowest BCUT2D eigenvalue weighted by Crippen LogP contribution is -2.40. The van der Waals surface area contributed by atoms with Gasteiger partial charge in [-0.15, -0.1) is 0 Å². The number of piperidine rings is 1. The van der Waals surface area contributed by atoms with Crippen molar-refractivity contribution in [2.75, 3.05) is 23.7 Å². The van der Waals surface area contributed by atoms with Crippen molar-refractivity contribution in [2.45, 2.75) is 18.9 Å². The molecule has 0 amide bonds. The third kappa shape index (κ3) is 3.09. The van der Waals surface area contributed by atoms with Gasteiger partial charge < -0.3 is 16.4 Å². The van der Waals surface area contributed by atoms with Gasteiger partial charge >= 0.3 is 0 Å². The van der Waals surface area contributed by atoms with Crippen LogP contribution in [0, 0.1) is 0 Å². The van der Waals surface area contributed by atoms with E-state index in [4.69, 9.17) is 23.1 Å². The molecule has 1 aromatic carbocycles. The zero-order valence-corrected chi connectivity index (χ0v) is 12.4. The Balaban J connectivity index is 2.01. The van der Waals surface area contributed by atoms with Crippen molar-refractivity contribution in [3.63, 3.8) is 0 Å². The van der Waals surface area contributed by atoms with Gasteiger partial charge in [-0.3, -0.25) is 0 Å². The van der Waals surface area contributed by atoms with E-state index in [1.807, 2.05) is 24.3 Å². The van der Waals surface area contributed by atoms with Gasteiger partial charge in [-0.1, -0.05) is 23.7 Å². The third-order valence-corrected chi connectivity index (χ3v) is 4.00. The second-order valence-electron chi connectivity index (χ2n) is 5.30. The van der Waals surface area contributed by atoms with E-state index in [9.17, 15) is 0 Å². The molecule has 0 radical (unpaired) electrons. The van der Waals surface area contributed by atoms with Gasteiger partial charge in [0.2, 0.25) is 5.95 Å². The number of nitrogen functional groups attached to an aromatic ring is 1. The lowest BCUT2D eigenvalue weighted by molar-refractivity contribution is 0.501. The first-order valence-electron chi connectivity index (χ1n) is 7.02. The van der Waals surface area contributed by atoms with E-state index in [2.05, 4.69) is 14.9 Å². The lowest BCUT2D eigenvalue weighted by Gasteiger charge is -2.32. The molecule has 0 unspecified atom stereocenters. The van der Waals surface area contributed by atoms with Crippen molar-refractivity contribution >= 4 is 23.2 Å². The van der Waals surface area contributed by atoms with Crippen LogP contribution in [0.15, 0.2) is 30.5 Å². The zero-order chi connectivity index (χ0) is 14.8. The molecular formula is C15H18ClN5. The van der Waals surface area contributed by atoms with Gasteiger partial charge in [0.05, 0.1) is 17.6 Å². The lowest BCUT2D eigenvalue weighted by atomic mass is 10.0. The van der Waals surface area contributed by atoms with Crippen molar-refractivity contribution in [2.24, 2.45) is 5.73 Å². The summed E-state index contributed by atoms with van der Waals surface area (Å²) in [6, 6.07) is 7.90. The smallest absolute Gasteiger partial charge is 0.220 e. The minimum absolute atomic E-state index is 0.266. The number of anilines is 2. The van der Waals surface area contributed by atoms with Crippen LogP contribution in [0.2, 0.25) is 5.02 Å². The molecule has 1 aromatic heterocycles. The van der Waals surface area contributed by atoms with E-state index in [1.54, 1.807) is 6.20 Å². The molecule has 6 heteroatoms. The van der Waals surface area contributed by atoms with Gasteiger partial charge in [-0.25, -0.2) is 9.97 Å². The number of hydrogen-bond donors (Lipinski definition) is 2. The second-order valence-corrected chi connectivity index (χ2v) is 5.73. The summed E-state index contributed by atoms with van der Waals surface area (Å²) < 4.78 is 0. The maximum atomic E-state index is 6.09. The highest BCUT2D eigenvalue weighted by molar-refractivity contribution is 6.30. The van der Waals surface area contributed by atoms with Crippen molar-refractivity contribution in [3.05, 3.63) is 35.5 Å². The standard InChI is InChI=1S/C15H18ClN5/c16-11-3-1-2-10(8-11)14-13(9-19-15(18)20-14)21-6-4-12(17)5-7-21/h1-3,8-9,12H,4-7,17H2,(H2,18,19,20). The highest BCUT2D eigenvalue weighted by Gasteiger charge is 2.20. The molecule has 0 aliphatic carbocycles. The zero-order valence-electron chi connectivity index (χ0n) is 11.7. The summed E-state index contributed by atoms with van der Waals surface area (Å²) in [4.78, 5) is 10.8. The van der Waals surface area contributed by atoms with Crippen LogP contribution in [-0.2, 0) is 0 Å². The summed E-state index contributed by atoms with van der Waals surface area (Å²) in [6.07, 6.45) is 3.73. The van der Waals surface area contributed by atoms with E-state index in [0.717, 1.165) is 42.9 Å². The average Bonchev–Trinajstić information content (AvgIpc) is 2.48. The minimum Gasteiger partial charge on any atom is -0.368 e. The monoisotopic (exact) mass is 303 g/mol. The molecule has 0 spiro atoms. The maximum Gasteiger partial charge on any atom is 0.220 e. The molecule has 2 heterocycles. The summed E-state index contributed by atoms with van der Waals surface area (Å²) in [5.41, 5.74) is 14.5. The Morgan fingerprint density at radius 3 is 2.71 bits per heavy atom. The van der Waals surface area contributed by atoms with Crippen LogP contribution in [0.1, 0.15) is 12.8 Å². The number of nitrogens with two attached hydrogens (primary N) is 2. The highest BCUT2D eigenvalue weighted by Crippen LogP contribution is 2.31. The van der Waals surface area contributed by atoms with E-state index in [1.165, 1.54) is 0 Å². The first-order chi connectivity index (χ1) is 10.1. The van der Waals surface area contributed by atoms with Crippen LogP contribution in [0.4, 0.5) is 11.6 Å². The van der Waals surface area contributed by atoms with Gasteiger partial charge in [-0.2, -0.15) is 0 Å². The molecule has 0 atom stereocenters. The first kappa shape index (κ1) is 14.1. The largest absolute Gasteiger partial charge is 0.368 e. The van der Waals surface area contributed by atoms with Crippen molar-refractivity contribution in [1.29, 1.82) is 0 Å². The molecule has 110 valence electrons. The number of hydrogen-bond acceptors (Lipinski definition) is 5. The van der Waals surface area contributed by atoms with Crippen molar-refractivity contribution in [3.8, 4) is 11.3 Å². The molecule has 0 bridgehead atoms. The molecule has 4 N–H and O–H groups in total. The molecule has 2 aromatic rings. The van der Waals surface area contributed by atoms with Crippen LogP contribution in [0.5, 0.6) is 0 Å². The Labute approximate surface area is 128 Å². The van der Waals surface area contributed by atoms with Crippen molar-refractivity contribution < 1.29 is 0 Å². The normalized spacial score (nSPS) is 16.2. The first-order valence-corrected chi connectivity index (χ1v) is 7.40. The highest BCUT2D eigenvalue weighted by atomic mass is 35.5. The number of benzene rings is 1. The summed E-state index contributed by atoms with van der Waals surface area (Å²) in [5.74, 6) is 0.266. The fraction of sp³-hybridized carbons (Fsp3) is 0.333. The predicted octanol–water partition coefficient (Wildman–Crippen LogP) is 2.31. The third-order valence-electron chi connectivity index (χ3n) is 3.77. The number of aromatic nitrogens is 2. The molecule has 0 saturated carbocycles. The van der Waals surface area contributed by atoms with Crippen LogP contribution in [0.25, 0.3) is 11.3 Å². The van der Waals surface area contributed by atoms with Gasteiger partial charge in [0, 0.05) is 29.7 Å². The predicted molar refractivity (Wildman–Crippen MR) is 86.3 cm³/mol. The molecule has 1 saturated heterocycles. The summed E-state index contributed by atoms with van der Waals surface area (Å²) >= 11 is 6.09. The Kier molecular flexibility index (Phi) is 3.94. The van der Waals surface area contributed by atoms with E-state index >= 15 is 0 Å². The molecule has 1 fully saturated rings. The number of nitrogens with zero attached hydrogens (tertiary/aromatic N) is 3. The fourth-order valence-corrected chi connectivity index (χ4v) is 2.80. The van der Waals surface area contributed by atoms with Crippen molar-refractivity contribution in [1.82, 2.24) is 9.97 Å². The van der Waals surface area contributed by atoms with E-state index < -0.39 is 0 Å². The quantitative estimate of drug-likeness (QED) is 0.890. The summed E-state index contributed by atoms with van der Waals surface area (Å²) in [6.45, 7) is 1.81. The van der Waals surface area contributed by atoms with Crippen LogP contribution in [-0.4, -0.2) is 29.1 Å². The Hall–Kier alpha value is -1.85. The van der Waals surface area contributed by atoms with Crippen LogP contribution >= 0.6 is 11.6 Å². The van der Waals surface area contributed by atoms with Crippen LogP contribution < -0.4 is 16.4 Å². The second kappa shape index (κ2) is 5.87. The number of halogens is 1. The van der Waals surface area contributed by atoms with Gasteiger partial charge in [-0.05, 0) is 25.0 Å². The Bertz CT molecular complexity index is 638. The molecule has 1 aliphatic heterocycles. The molecule has 21 heavy (non-hydrogen) atoms. The van der Waals surface area contributed by atoms with Gasteiger partial charge in [0.25, 0.3) is 0 Å². The van der Waals surface area contributed by atoms with Crippen LogP contribution in [0.3, 0.4) is 0 Å². The minimum atomic E-state index is 0.266. The molecule has 3 rings (SSSR count). The maximum absolute atomic E-state index is 6.09. The van der Waals surface area contributed by atoms with E-state index in [0.29, 0.717) is 5.02 Å².